The van der Waals surface area contributed by atoms with Gasteiger partial charge in [0.25, 0.3) is 0 Å². The van der Waals surface area contributed by atoms with Crippen LogP contribution in [0.1, 0.15) is 12.0 Å². The maximum absolute atomic E-state index is 11.8. The SMILES string of the molecule is NCCCNC(=O)Cc1cc(=O)oc2cc(O)ccc12. The fourth-order valence-corrected chi connectivity index (χ4v) is 1.93. The van der Waals surface area contributed by atoms with E-state index >= 15 is 0 Å². The highest BCUT2D eigenvalue weighted by molar-refractivity contribution is 5.87. The van der Waals surface area contributed by atoms with Crippen molar-refractivity contribution in [2.45, 2.75) is 12.8 Å². The van der Waals surface area contributed by atoms with Gasteiger partial charge in [-0.2, -0.15) is 0 Å². The average molecular weight is 276 g/mol. The molecule has 2 aromatic rings. The Balaban J connectivity index is 2.25. The first-order valence-corrected chi connectivity index (χ1v) is 6.32. The van der Waals surface area contributed by atoms with Crippen LogP contribution in [0.4, 0.5) is 0 Å². The molecule has 1 aromatic carbocycles. The number of phenolic OH excluding ortho intramolecular Hbond substituents is 1. The van der Waals surface area contributed by atoms with E-state index in [0.717, 1.165) is 0 Å². The predicted octanol–water partition coefficient (Wildman–Crippen LogP) is 0.506. The third kappa shape index (κ3) is 3.36. The molecule has 1 heterocycles. The van der Waals surface area contributed by atoms with E-state index in [1.807, 2.05) is 0 Å². The van der Waals surface area contributed by atoms with Gasteiger partial charge in [-0.25, -0.2) is 4.79 Å². The molecule has 0 radical (unpaired) electrons. The number of fused-ring (bicyclic) bond motifs is 1. The summed E-state index contributed by atoms with van der Waals surface area (Å²) in [5.74, 6) is -0.177. The van der Waals surface area contributed by atoms with Crippen molar-refractivity contribution in [3.63, 3.8) is 0 Å². The molecule has 20 heavy (non-hydrogen) atoms. The molecule has 0 spiro atoms. The number of hydrogen-bond acceptors (Lipinski definition) is 5. The van der Waals surface area contributed by atoms with Gasteiger partial charge in [-0.1, -0.05) is 0 Å². The first-order valence-electron chi connectivity index (χ1n) is 6.32. The Bertz CT molecular complexity index is 678. The zero-order valence-corrected chi connectivity index (χ0v) is 10.9. The van der Waals surface area contributed by atoms with Crippen LogP contribution in [0, 0.1) is 0 Å². The summed E-state index contributed by atoms with van der Waals surface area (Å²) in [5.41, 5.74) is 5.64. The van der Waals surface area contributed by atoms with Crippen LogP contribution in [0.15, 0.2) is 33.5 Å². The van der Waals surface area contributed by atoms with Gasteiger partial charge >= 0.3 is 5.63 Å². The lowest BCUT2D eigenvalue weighted by Crippen LogP contribution is -2.27. The third-order valence-corrected chi connectivity index (χ3v) is 2.87. The molecule has 4 N–H and O–H groups in total. The van der Waals surface area contributed by atoms with Crippen molar-refractivity contribution in [3.8, 4) is 5.75 Å². The molecular weight excluding hydrogens is 260 g/mol. The maximum Gasteiger partial charge on any atom is 0.336 e. The van der Waals surface area contributed by atoms with Crippen molar-refractivity contribution in [1.29, 1.82) is 0 Å². The van der Waals surface area contributed by atoms with Crippen molar-refractivity contribution < 1.29 is 14.3 Å². The Kier molecular flexibility index (Phi) is 4.37. The zero-order valence-electron chi connectivity index (χ0n) is 10.9. The fraction of sp³-hybridized carbons (Fsp3) is 0.286. The van der Waals surface area contributed by atoms with Crippen LogP contribution in [0.25, 0.3) is 11.0 Å². The summed E-state index contributed by atoms with van der Waals surface area (Å²) < 4.78 is 5.00. The van der Waals surface area contributed by atoms with Gasteiger partial charge in [-0.3, -0.25) is 4.79 Å². The molecule has 6 heteroatoms. The molecule has 2 rings (SSSR count). The number of carbonyl (C=O) groups is 1. The second-order valence-electron chi connectivity index (χ2n) is 4.44. The third-order valence-electron chi connectivity index (χ3n) is 2.87. The normalized spacial score (nSPS) is 10.7. The van der Waals surface area contributed by atoms with Crippen LogP contribution >= 0.6 is 0 Å². The number of hydrogen-bond donors (Lipinski definition) is 3. The van der Waals surface area contributed by atoms with Crippen molar-refractivity contribution >= 4 is 16.9 Å². The summed E-state index contributed by atoms with van der Waals surface area (Å²) in [7, 11) is 0. The molecular formula is C14H16N2O4. The van der Waals surface area contributed by atoms with Gasteiger partial charge < -0.3 is 20.6 Å². The highest BCUT2D eigenvalue weighted by Gasteiger charge is 2.10. The van der Waals surface area contributed by atoms with E-state index in [0.29, 0.717) is 30.5 Å². The Morgan fingerprint density at radius 1 is 1.35 bits per heavy atom. The number of carbonyl (C=O) groups excluding carboxylic acids is 1. The number of amides is 1. The summed E-state index contributed by atoms with van der Waals surface area (Å²) in [6, 6.07) is 5.75. The summed E-state index contributed by atoms with van der Waals surface area (Å²) in [4.78, 5) is 23.2. The average Bonchev–Trinajstić information content (AvgIpc) is 2.38. The zero-order chi connectivity index (χ0) is 14.5. The number of nitrogens with two attached hydrogens (primary N) is 1. The van der Waals surface area contributed by atoms with Crippen molar-refractivity contribution in [3.05, 3.63) is 40.2 Å². The monoisotopic (exact) mass is 276 g/mol. The first-order chi connectivity index (χ1) is 9.60. The largest absolute Gasteiger partial charge is 0.508 e. The van der Waals surface area contributed by atoms with Crippen LogP contribution in [0.5, 0.6) is 5.75 Å². The summed E-state index contributed by atoms with van der Waals surface area (Å²) >= 11 is 0. The lowest BCUT2D eigenvalue weighted by atomic mass is 10.1. The Hall–Kier alpha value is -2.34. The molecule has 0 aliphatic heterocycles. The fourth-order valence-electron chi connectivity index (χ4n) is 1.93. The minimum atomic E-state index is -0.548. The molecule has 0 saturated carbocycles. The lowest BCUT2D eigenvalue weighted by Gasteiger charge is -2.06. The second-order valence-corrected chi connectivity index (χ2v) is 4.44. The van der Waals surface area contributed by atoms with E-state index < -0.39 is 5.63 Å². The second kappa shape index (κ2) is 6.21. The van der Waals surface area contributed by atoms with Crippen molar-refractivity contribution in [1.82, 2.24) is 5.32 Å². The van der Waals surface area contributed by atoms with E-state index in [-0.39, 0.29) is 23.7 Å². The van der Waals surface area contributed by atoms with Gasteiger partial charge in [0, 0.05) is 24.1 Å². The molecule has 0 fully saturated rings. The van der Waals surface area contributed by atoms with Crippen LogP contribution in [0.2, 0.25) is 0 Å². The van der Waals surface area contributed by atoms with Crippen LogP contribution in [-0.2, 0) is 11.2 Å². The first kappa shape index (κ1) is 14.1. The summed E-state index contributed by atoms with van der Waals surface area (Å²) in [5, 5.41) is 12.7. The molecule has 0 bridgehead atoms. The number of benzene rings is 1. The summed E-state index contributed by atoms with van der Waals surface area (Å²) in [6.07, 6.45) is 0.786. The molecule has 1 amide bonds. The Labute approximate surface area is 115 Å². The maximum atomic E-state index is 11.8. The number of nitrogens with one attached hydrogen (secondary N) is 1. The van der Waals surface area contributed by atoms with Crippen molar-refractivity contribution in [2.75, 3.05) is 13.1 Å². The molecule has 0 aliphatic carbocycles. The van der Waals surface area contributed by atoms with Gasteiger partial charge in [0.15, 0.2) is 0 Å². The Morgan fingerprint density at radius 2 is 2.15 bits per heavy atom. The minimum Gasteiger partial charge on any atom is -0.508 e. The van der Waals surface area contributed by atoms with Crippen LogP contribution in [0.3, 0.4) is 0 Å². The van der Waals surface area contributed by atoms with Crippen LogP contribution in [-0.4, -0.2) is 24.1 Å². The van der Waals surface area contributed by atoms with E-state index in [2.05, 4.69) is 5.32 Å². The van der Waals surface area contributed by atoms with Gasteiger partial charge in [0.1, 0.15) is 11.3 Å². The van der Waals surface area contributed by atoms with Gasteiger partial charge in [-0.15, -0.1) is 0 Å². The Morgan fingerprint density at radius 3 is 2.90 bits per heavy atom. The highest BCUT2D eigenvalue weighted by atomic mass is 16.4. The van der Waals surface area contributed by atoms with Crippen LogP contribution < -0.4 is 16.7 Å². The number of phenols is 1. The highest BCUT2D eigenvalue weighted by Crippen LogP contribution is 2.21. The van der Waals surface area contributed by atoms with Gasteiger partial charge in [0.2, 0.25) is 5.91 Å². The van der Waals surface area contributed by atoms with E-state index in [1.165, 1.54) is 18.2 Å². The summed E-state index contributed by atoms with van der Waals surface area (Å²) in [6.45, 7) is 1.02. The molecule has 0 saturated heterocycles. The van der Waals surface area contributed by atoms with Gasteiger partial charge in [-0.05, 0) is 30.7 Å². The van der Waals surface area contributed by atoms with E-state index in [4.69, 9.17) is 10.2 Å². The topological polar surface area (TPSA) is 106 Å². The molecule has 0 aliphatic rings. The molecule has 1 aromatic heterocycles. The lowest BCUT2D eigenvalue weighted by molar-refractivity contribution is -0.120. The van der Waals surface area contributed by atoms with E-state index in [9.17, 15) is 14.7 Å². The number of rotatable bonds is 5. The number of aromatic hydroxyl groups is 1. The molecule has 106 valence electrons. The minimum absolute atomic E-state index is 0.00481. The van der Waals surface area contributed by atoms with Crippen molar-refractivity contribution in [2.24, 2.45) is 5.73 Å². The van der Waals surface area contributed by atoms with Gasteiger partial charge in [0.05, 0.1) is 6.42 Å². The molecule has 0 unspecified atom stereocenters. The standard InChI is InChI=1S/C14H16N2O4/c15-4-1-5-16-13(18)6-9-7-14(19)20-12-8-10(17)2-3-11(9)12/h2-3,7-8,17H,1,4-6,15H2,(H,16,18). The quantitative estimate of drug-likeness (QED) is 0.545. The predicted molar refractivity (Wildman–Crippen MR) is 74.5 cm³/mol. The van der Waals surface area contributed by atoms with E-state index in [1.54, 1.807) is 6.07 Å². The molecule has 0 atom stereocenters. The molecule has 6 nitrogen and oxygen atoms in total. The smallest absolute Gasteiger partial charge is 0.336 e.